The summed E-state index contributed by atoms with van der Waals surface area (Å²) in [6.45, 7) is 4.32. The first-order valence-electron chi connectivity index (χ1n) is 4.69. The Labute approximate surface area is 86.8 Å². The minimum absolute atomic E-state index is 0.112. The van der Waals surface area contributed by atoms with Crippen molar-refractivity contribution >= 4 is 21.6 Å². The van der Waals surface area contributed by atoms with Gasteiger partial charge in [0.1, 0.15) is 0 Å². The van der Waals surface area contributed by atoms with E-state index < -0.39 is 0 Å². The maximum absolute atomic E-state index is 11.4. The summed E-state index contributed by atoms with van der Waals surface area (Å²) in [7, 11) is 1.82. The van der Waals surface area contributed by atoms with Crippen molar-refractivity contribution in [1.29, 1.82) is 0 Å². The molecule has 3 heteroatoms. The van der Waals surface area contributed by atoms with Crippen molar-refractivity contribution in [3.05, 3.63) is 33.4 Å². The molecule has 0 N–H and O–H groups in total. The smallest absolute Gasteiger partial charge is 0.302 e. The Morgan fingerprint density at radius 3 is 2.71 bits per heavy atom. The summed E-state index contributed by atoms with van der Waals surface area (Å²) in [4.78, 5) is 11.5. The second-order valence-corrected chi connectivity index (χ2v) is 4.80. The van der Waals surface area contributed by atoms with Crippen LogP contribution in [0.15, 0.2) is 23.0 Å². The van der Waals surface area contributed by atoms with Crippen molar-refractivity contribution in [3.8, 4) is 0 Å². The molecule has 0 saturated heterocycles. The molecule has 2 nitrogen and oxygen atoms in total. The van der Waals surface area contributed by atoms with Crippen LogP contribution < -0.4 is 4.87 Å². The van der Waals surface area contributed by atoms with Crippen LogP contribution in [0.3, 0.4) is 0 Å². The van der Waals surface area contributed by atoms with Gasteiger partial charge in [-0.1, -0.05) is 31.3 Å². The van der Waals surface area contributed by atoms with E-state index in [4.69, 9.17) is 0 Å². The van der Waals surface area contributed by atoms with E-state index in [0.717, 1.165) is 10.2 Å². The lowest BCUT2D eigenvalue weighted by atomic mass is 10.0. The molecule has 0 bridgehead atoms. The summed E-state index contributed by atoms with van der Waals surface area (Å²) in [5, 5.41) is 0. The molecule has 0 fully saturated rings. The van der Waals surface area contributed by atoms with Gasteiger partial charge in [-0.15, -0.1) is 0 Å². The third-order valence-corrected chi connectivity index (χ3v) is 3.48. The fourth-order valence-corrected chi connectivity index (χ4v) is 2.44. The molecule has 1 aromatic heterocycles. The molecular formula is C11H13NOS. The Morgan fingerprint density at radius 2 is 2.07 bits per heavy atom. The third-order valence-electron chi connectivity index (χ3n) is 2.48. The molecule has 0 radical (unpaired) electrons. The SMILES string of the molecule is CC(C)c1ccc2c(c1)sc(=O)n2C. The maximum Gasteiger partial charge on any atom is 0.307 e. The molecule has 1 heterocycles. The van der Waals surface area contributed by atoms with Crippen LogP contribution in [0.5, 0.6) is 0 Å². The first-order chi connectivity index (χ1) is 6.59. The van der Waals surface area contributed by atoms with Crippen LogP contribution in [0.2, 0.25) is 0 Å². The van der Waals surface area contributed by atoms with Gasteiger partial charge < -0.3 is 4.57 Å². The molecule has 0 aliphatic carbocycles. The summed E-state index contributed by atoms with van der Waals surface area (Å²) in [6.07, 6.45) is 0. The normalized spacial score (nSPS) is 11.4. The summed E-state index contributed by atoms with van der Waals surface area (Å²) in [6, 6.07) is 6.24. The molecule has 0 aliphatic rings. The topological polar surface area (TPSA) is 22.0 Å². The monoisotopic (exact) mass is 207 g/mol. The Bertz CT molecular complexity index is 522. The lowest BCUT2D eigenvalue weighted by Crippen LogP contribution is -2.06. The predicted octanol–water partition coefficient (Wildman–Crippen LogP) is 2.72. The average molecular weight is 207 g/mol. The number of rotatable bonds is 1. The number of nitrogens with zero attached hydrogens (tertiary/aromatic N) is 1. The highest BCUT2D eigenvalue weighted by atomic mass is 32.1. The van der Waals surface area contributed by atoms with Gasteiger partial charge >= 0.3 is 4.87 Å². The van der Waals surface area contributed by atoms with Crippen LogP contribution >= 0.6 is 11.3 Å². The number of hydrogen-bond donors (Lipinski definition) is 0. The number of aromatic nitrogens is 1. The molecule has 0 unspecified atom stereocenters. The Morgan fingerprint density at radius 1 is 1.36 bits per heavy atom. The van der Waals surface area contributed by atoms with Gasteiger partial charge in [0.05, 0.1) is 10.2 Å². The Hall–Kier alpha value is -1.09. The Balaban J connectivity index is 2.73. The first kappa shape index (κ1) is 9.46. The largest absolute Gasteiger partial charge is 0.307 e. The molecule has 1 aromatic carbocycles. The molecule has 0 aliphatic heterocycles. The zero-order chi connectivity index (χ0) is 10.3. The van der Waals surface area contributed by atoms with Crippen LogP contribution in [-0.2, 0) is 7.05 Å². The fraction of sp³-hybridized carbons (Fsp3) is 0.364. The van der Waals surface area contributed by atoms with E-state index in [9.17, 15) is 4.79 Å². The van der Waals surface area contributed by atoms with E-state index in [-0.39, 0.29) is 4.87 Å². The third kappa shape index (κ3) is 1.38. The molecule has 2 aromatic rings. The average Bonchev–Trinajstić information content (AvgIpc) is 2.42. The lowest BCUT2D eigenvalue weighted by Gasteiger charge is -2.04. The van der Waals surface area contributed by atoms with Crippen molar-refractivity contribution < 1.29 is 0 Å². The van der Waals surface area contributed by atoms with E-state index >= 15 is 0 Å². The molecule has 14 heavy (non-hydrogen) atoms. The zero-order valence-corrected chi connectivity index (χ0v) is 9.39. The van der Waals surface area contributed by atoms with Crippen molar-refractivity contribution in [2.75, 3.05) is 0 Å². The second-order valence-electron chi connectivity index (χ2n) is 3.81. The van der Waals surface area contributed by atoms with Gasteiger partial charge in [-0.2, -0.15) is 0 Å². The highest BCUT2D eigenvalue weighted by Gasteiger charge is 2.06. The zero-order valence-electron chi connectivity index (χ0n) is 8.57. The minimum Gasteiger partial charge on any atom is -0.302 e. The summed E-state index contributed by atoms with van der Waals surface area (Å²) < 4.78 is 2.79. The number of benzene rings is 1. The molecule has 2 rings (SSSR count). The lowest BCUT2D eigenvalue weighted by molar-refractivity contribution is 0.867. The van der Waals surface area contributed by atoms with E-state index in [0.29, 0.717) is 5.92 Å². The fourth-order valence-electron chi connectivity index (χ4n) is 1.51. The maximum atomic E-state index is 11.4. The molecule has 74 valence electrons. The molecule has 0 spiro atoms. The van der Waals surface area contributed by atoms with Crippen molar-refractivity contribution in [3.63, 3.8) is 0 Å². The van der Waals surface area contributed by atoms with Crippen LogP contribution in [-0.4, -0.2) is 4.57 Å². The molecular weight excluding hydrogens is 194 g/mol. The van der Waals surface area contributed by atoms with E-state index in [1.165, 1.54) is 16.9 Å². The summed E-state index contributed by atoms with van der Waals surface area (Å²) >= 11 is 1.32. The van der Waals surface area contributed by atoms with E-state index in [2.05, 4.69) is 26.0 Å². The van der Waals surface area contributed by atoms with Gasteiger partial charge in [-0.05, 0) is 23.6 Å². The number of thiazole rings is 1. The molecule has 0 atom stereocenters. The van der Waals surface area contributed by atoms with Crippen molar-refractivity contribution in [1.82, 2.24) is 4.57 Å². The quantitative estimate of drug-likeness (QED) is 0.704. The van der Waals surface area contributed by atoms with E-state index in [1.807, 2.05) is 13.1 Å². The van der Waals surface area contributed by atoms with Gasteiger partial charge in [0, 0.05) is 7.05 Å². The van der Waals surface area contributed by atoms with E-state index in [1.54, 1.807) is 4.57 Å². The van der Waals surface area contributed by atoms with Gasteiger partial charge in [-0.3, -0.25) is 4.79 Å². The summed E-state index contributed by atoms with van der Waals surface area (Å²) in [5.41, 5.74) is 2.32. The van der Waals surface area contributed by atoms with Crippen LogP contribution in [0.25, 0.3) is 10.2 Å². The number of aryl methyl sites for hydroxylation is 1. The molecule has 0 saturated carbocycles. The highest BCUT2D eigenvalue weighted by molar-refractivity contribution is 7.16. The number of fused-ring (bicyclic) bond motifs is 1. The highest BCUT2D eigenvalue weighted by Crippen LogP contribution is 2.22. The number of hydrogen-bond acceptors (Lipinski definition) is 2. The summed E-state index contributed by atoms with van der Waals surface area (Å²) in [5.74, 6) is 0.516. The first-order valence-corrected chi connectivity index (χ1v) is 5.50. The van der Waals surface area contributed by atoms with Crippen LogP contribution in [0, 0.1) is 0 Å². The molecule has 0 amide bonds. The van der Waals surface area contributed by atoms with Gasteiger partial charge in [-0.25, -0.2) is 0 Å². The van der Waals surface area contributed by atoms with Gasteiger partial charge in [0.2, 0.25) is 0 Å². The standard InChI is InChI=1S/C11H13NOS/c1-7(2)8-4-5-9-10(6-8)14-11(13)12(9)3/h4-7H,1-3H3. The van der Waals surface area contributed by atoms with Crippen LogP contribution in [0.4, 0.5) is 0 Å². The predicted molar refractivity (Wildman–Crippen MR) is 61.2 cm³/mol. The van der Waals surface area contributed by atoms with Gasteiger partial charge in [0.25, 0.3) is 0 Å². The van der Waals surface area contributed by atoms with Crippen molar-refractivity contribution in [2.45, 2.75) is 19.8 Å². The van der Waals surface area contributed by atoms with Crippen LogP contribution in [0.1, 0.15) is 25.3 Å². The van der Waals surface area contributed by atoms with Crippen molar-refractivity contribution in [2.24, 2.45) is 7.05 Å². The van der Waals surface area contributed by atoms with Gasteiger partial charge in [0.15, 0.2) is 0 Å². The Kier molecular flexibility index (Phi) is 2.19. The second kappa shape index (κ2) is 3.24. The minimum atomic E-state index is 0.112.